The number of para-hydroxylation sites is 2. The summed E-state index contributed by atoms with van der Waals surface area (Å²) in [5, 5.41) is 0. The molecule has 0 saturated carbocycles. The van der Waals surface area contributed by atoms with Crippen molar-refractivity contribution >= 4 is 27.0 Å². The Bertz CT molecular complexity index is 1300. The number of rotatable bonds is 6. The highest BCUT2D eigenvalue weighted by atomic mass is 32.2. The van der Waals surface area contributed by atoms with Crippen molar-refractivity contribution in [1.82, 2.24) is 13.9 Å². The van der Waals surface area contributed by atoms with Gasteiger partial charge in [-0.2, -0.15) is 13.1 Å². The van der Waals surface area contributed by atoms with E-state index in [2.05, 4.69) is 4.98 Å². The minimum Gasteiger partial charge on any atom is -0.456 e. The van der Waals surface area contributed by atoms with Crippen molar-refractivity contribution in [2.45, 2.75) is 57.7 Å². The van der Waals surface area contributed by atoms with Crippen molar-refractivity contribution in [3.63, 3.8) is 0 Å². The minimum absolute atomic E-state index is 0.0998. The van der Waals surface area contributed by atoms with E-state index in [1.807, 2.05) is 6.92 Å². The van der Waals surface area contributed by atoms with Crippen molar-refractivity contribution in [3.8, 4) is 0 Å². The van der Waals surface area contributed by atoms with E-state index in [0.717, 1.165) is 9.87 Å². The average Bonchev–Trinajstić information content (AvgIpc) is 3.36. The first-order chi connectivity index (χ1) is 15.6. The number of hydrogen-bond acceptors (Lipinski definition) is 5. The molecular formula is C23H25F2N3O4S. The molecule has 1 aliphatic heterocycles. The Hall–Kier alpha value is -2.85. The van der Waals surface area contributed by atoms with Crippen molar-refractivity contribution in [1.29, 1.82) is 0 Å². The van der Waals surface area contributed by atoms with E-state index in [9.17, 15) is 22.0 Å². The number of halogens is 2. The Morgan fingerprint density at radius 2 is 1.85 bits per heavy atom. The summed E-state index contributed by atoms with van der Waals surface area (Å²) in [4.78, 5) is 17.2. The van der Waals surface area contributed by atoms with Crippen LogP contribution in [0.4, 0.5) is 8.78 Å². The van der Waals surface area contributed by atoms with Gasteiger partial charge in [0.05, 0.1) is 15.9 Å². The molecule has 1 unspecified atom stereocenters. The zero-order valence-corrected chi connectivity index (χ0v) is 19.4. The van der Waals surface area contributed by atoms with E-state index in [1.165, 1.54) is 6.07 Å². The molecule has 0 N–H and O–H groups in total. The summed E-state index contributed by atoms with van der Waals surface area (Å²) >= 11 is 0. The SMILES string of the molecule is Cc1cc(C)c(S(=O)(=O)N2CCCC2C(=O)OCc2nc3ccccc3n2C(F)F)c(C)c1. The van der Waals surface area contributed by atoms with Gasteiger partial charge in [0.25, 0.3) is 0 Å². The van der Waals surface area contributed by atoms with Gasteiger partial charge >= 0.3 is 12.5 Å². The first-order valence-corrected chi connectivity index (χ1v) is 12.1. The summed E-state index contributed by atoms with van der Waals surface area (Å²) in [6, 6.07) is 8.97. The highest BCUT2D eigenvalue weighted by Crippen LogP contribution is 2.31. The standard InChI is InChI=1S/C23H25F2N3O4S/c1-14-11-15(2)21(16(3)12-14)33(30,31)27-10-6-9-19(27)22(29)32-13-20-26-17-7-4-5-8-18(17)28(20)23(24)25/h4-5,7-8,11-12,19,23H,6,9-10,13H2,1-3H3. The van der Waals surface area contributed by atoms with Crippen LogP contribution >= 0.6 is 0 Å². The van der Waals surface area contributed by atoms with Gasteiger partial charge in [-0.1, -0.05) is 29.8 Å². The van der Waals surface area contributed by atoms with Crippen LogP contribution in [-0.2, 0) is 26.2 Å². The molecule has 0 spiro atoms. The quantitative estimate of drug-likeness (QED) is 0.496. The summed E-state index contributed by atoms with van der Waals surface area (Å²) in [5.74, 6) is -0.872. The minimum atomic E-state index is -3.94. The summed E-state index contributed by atoms with van der Waals surface area (Å²) in [5.41, 5.74) is 2.76. The number of alkyl halides is 2. The van der Waals surface area contributed by atoms with Crippen LogP contribution in [0.3, 0.4) is 0 Å². The lowest BCUT2D eigenvalue weighted by Crippen LogP contribution is -2.41. The molecule has 0 radical (unpaired) electrons. The number of carbonyl (C=O) groups excluding carboxylic acids is 1. The number of aromatic nitrogens is 2. The van der Waals surface area contributed by atoms with Crippen LogP contribution in [0, 0.1) is 20.8 Å². The van der Waals surface area contributed by atoms with E-state index in [-0.39, 0.29) is 22.8 Å². The first kappa shape index (κ1) is 23.3. The Labute approximate surface area is 191 Å². The number of benzene rings is 2. The second-order valence-corrected chi connectivity index (χ2v) is 10.1. The summed E-state index contributed by atoms with van der Waals surface area (Å²) < 4.78 is 61.3. The fourth-order valence-corrected chi connectivity index (χ4v) is 6.66. The number of esters is 1. The Kier molecular flexibility index (Phi) is 6.24. The third-order valence-corrected chi connectivity index (χ3v) is 8.07. The lowest BCUT2D eigenvalue weighted by molar-refractivity contribution is -0.149. The molecular weight excluding hydrogens is 452 g/mol. The van der Waals surface area contributed by atoms with Gasteiger partial charge in [-0.25, -0.2) is 13.4 Å². The van der Waals surface area contributed by atoms with Gasteiger partial charge in [0, 0.05) is 6.54 Å². The second-order valence-electron chi connectivity index (χ2n) is 8.27. The lowest BCUT2D eigenvalue weighted by Gasteiger charge is -2.24. The molecule has 1 aromatic heterocycles. The molecule has 4 rings (SSSR count). The van der Waals surface area contributed by atoms with Gasteiger partial charge < -0.3 is 4.74 Å². The number of imidazole rings is 1. The monoisotopic (exact) mass is 477 g/mol. The summed E-state index contributed by atoms with van der Waals surface area (Å²) in [7, 11) is -3.94. The fourth-order valence-electron chi connectivity index (χ4n) is 4.60. The Morgan fingerprint density at radius 1 is 1.18 bits per heavy atom. The molecule has 7 nitrogen and oxygen atoms in total. The predicted molar refractivity (Wildman–Crippen MR) is 118 cm³/mol. The molecule has 0 bridgehead atoms. The van der Waals surface area contributed by atoms with Gasteiger partial charge in [-0.15, -0.1) is 0 Å². The number of aryl methyl sites for hydroxylation is 3. The first-order valence-electron chi connectivity index (χ1n) is 10.6. The summed E-state index contributed by atoms with van der Waals surface area (Å²) in [6.45, 7) is 2.19. The van der Waals surface area contributed by atoms with Crippen LogP contribution in [0.5, 0.6) is 0 Å². The molecule has 1 atom stereocenters. The number of carbonyl (C=O) groups is 1. The van der Waals surface area contributed by atoms with Gasteiger partial charge in [0.1, 0.15) is 12.6 Å². The number of ether oxygens (including phenoxy) is 1. The molecule has 10 heteroatoms. The third kappa shape index (κ3) is 4.24. The van der Waals surface area contributed by atoms with E-state index in [1.54, 1.807) is 44.2 Å². The van der Waals surface area contributed by atoms with Crippen molar-refractivity contribution in [3.05, 3.63) is 58.9 Å². The average molecular weight is 478 g/mol. The maximum absolute atomic E-state index is 13.6. The molecule has 1 saturated heterocycles. The number of hydrogen-bond donors (Lipinski definition) is 0. The zero-order valence-electron chi connectivity index (χ0n) is 18.6. The summed E-state index contributed by atoms with van der Waals surface area (Å²) in [6.07, 6.45) is 0.797. The molecule has 2 aromatic carbocycles. The van der Waals surface area contributed by atoms with Crippen LogP contribution in [0.25, 0.3) is 11.0 Å². The topological polar surface area (TPSA) is 81.5 Å². The van der Waals surface area contributed by atoms with Crippen LogP contribution in [0.1, 0.15) is 41.9 Å². The smallest absolute Gasteiger partial charge is 0.324 e. The highest BCUT2D eigenvalue weighted by Gasteiger charge is 2.41. The van der Waals surface area contributed by atoms with Crippen LogP contribution < -0.4 is 0 Å². The largest absolute Gasteiger partial charge is 0.456 e. The fraction of sp³-hybridized carbons (Fsp3) is 0.391. The van der Waals surface area contributed by atoms with E-state index in [0.29, 0.717) is 34.1 Å². The molecule has 1 fully saturated rings. The third-order valence-electron chi connectivity index (χ3n) is 5.85. The Balaban J connectivity index is 1.57. The number of nitrogens with zero attached hydrogens (tertiary/aromatic N) is 3. The van der Waals surface area contributed by atoms with E-state index >= 15 is 0 Å². The lowest BCUT2D eigenvalue weighted by atomic mass is 10.1. The van der Waals surface area contributed by atoms with Gasteiger partial charge in [-0.3, -0.25) is 9.36 Å². The van der Waals surface area contributed by atoms with Crippen LogP contribution in [0.2, 0.25) is 0 Å². The molecule has 3 aromatic rings. The van der Waals surface area contributed by atoms with E-state index in [4.69, 9.17) is 4.74 Å². The number of fused-ring (bicyclic) bond motifs is 1. The molecule has 0 amide bonds. The molecule has 2 heterocycles. The second kappa shape index (κ2) is 8.83. The molecule has 1 aliphatic rings. The highest BCUT2D eigenvalue weighted by molar-refractivity contribution is 7.89. The van der Waals surface area contributed by atoms with E-state index < -0.39 is 35.2 Å². The maximum Gasteiger partial charge on any atom is 0.324 e. The van der Waals surface area contributed by atoms with Crippen LogP contribution in [-0.4, -0.2) is 40.8 Å². The number of sulfonamides is 1. The molecule has 33 heavy (non-hydrogen) atoms. The van der Waals surface area contributed by atoms with Gasteiger partial charge in [0.15, 0.2) is 5.82 Å². The normalized spacial score (nSPS) is 17.2. The van der Waals surface area contributed by atoms with Crippen molar-refractivity contribution in [2.24, 2.45) is 0 Å². The predicted octanol–water partition coefficient (Wildman–Crippen LogP) is 4.25. The zero-order chi connectivity index (χ0) is 23.9. The van der Waals surface area contributed by atoms with Gasteiger partial charge in [-0.05, 0) is 56.9 Å². The maximum atomic E-state index is 13.6. The van der Waals surface area contributed by atoms with Crippen LogP contribution in [0.15, 0.2) is 41.3 Å². The van der Waals surface area contributed by atoms with Crippen molar-refractivity contribution in [2.75, 3.05) is 6.54 Å². The molecule has 0 aliphatic carbocycles. The molecule has 176 valence electrons. The van der Waals surface area contributed by atoms with Crippen molar-refractivity contribution < 1.29 is 26.7 Å². The van der Waals surface area contributed by atoms with Gasteiger partial charge in [0.2, 0.25) is 10.0 Å². The Morgan fingerprint density at radius 3 is 2.52 bits per heavy atom.